The first kappa shape index (κ1) is 14.4. The van der Waals surface area contributed by atoms with Crippen molar-refractivity contribution in [1.29, 1.82) is 0 Å². The zero-order chi connectivity index (χ0) is 12.1. The van der Waals surface area contributed by atoms with Gasteiger partial charge in [-0.15, -0.1) is 0 Å². The molecule has 0 saturated heterocycles. The third-order valence-electron chi connectivity index (χ3n) is 2.23. The van der Waals surface area contributed by atoms with Crippen molar-refractivity contribution in [3.05, 3.63) is 0 Å². The standard InChI is InChI=1S/C12H26N2O/c1-10(2)14(8-6-7-13)11(15)9-12(3,4)5/h10H,6-9,13H2,1-5H3. The van der Waals surface area contributed by atoms with E-state index in [1.54, 1.807) is 0 Å². The van der Waals surface area contributed by atoms with Crippen LogP contribution in [-0.2, 0) is 4.79 Å². The highest BCUT2D eigenvalue weighted by atomic mass is 16.2. The van der Waals surface area contributed by atoms with Gasteiger partial charge in [0.15, 0.2) is 0 Å². The number of carbonyl (C=O) groups excluding carboxylic acids is 1. The average Bonchev–Trinajstić information content (AvgIpc) is 2.00. The zero-order valence-corrected chi connectivity index (χ0v) is 10.8. The van der Waals surface area contributed by atoms with Crippen LogP contribution in [0.4, 0.5) is 0 Å². The van der Waals surface area contributed by atoms with Crippen LogP contribution < -0.4 is 5.73 Å². The molecule has 90 valence electrons. The van der Waals surface area contributed by atoms with Gasteiger partial charge in [-0.1, -0.05) is 20.8 Å². The molecule has 0 spiro atoms. The molecule has 3 heteroatoms. The molecule has 2 N–H and O–H groups in total. The molecule has 0 radical (unpaired) electrons. The second-order valence-corrected chi connectivity index (χ2v) is 5.56. The molecule has 0 aromatic heterocycles. The van der Waals surface area contributed by atoms with Crippen LogP contribution in [-0.4, -0.2) is 29.9 Å². The van der Waals surface area contributed by atoms with Gasteiger partial charge in [0.1, 0.15) is 0 Å². The van der Waals surface area contributed by atoms with E-state index in [0.717, 1.165) is 13.0 Å². The van der Waals surface area contributed by atoms with Crippen LogP contribution in [0.2, 0.25) is 0 Å². The summed E-state index contributed by atoms with van der Waals surface area (Å²) in [6.07, 6.45) is 1.49. The predicted molar refractivity (Wildman–Crippen MR) is 64.6 cm³/mol. The van der Waals surface area contributed by atoms with Crippen molar-refractivity contribution in [2.45, 2.75) is 53.5 Å². The van der Waals surface area contributed by atoms with Gasteiger partial charge in [-0.05, 0) is 32.2 Å². The first-order valence-corrected chi connectivity index (χ1v) is 5.77. The molecule has 0 aromatic carbocycles. The van der Waals surface area contributed by atoms with Crippen LogP contribution in [0.1, 0.15) is 47.5 Å². The molecule has 3 nitrogen and oxygen atoms in total. The maximum Gasteiger partial charge on any atom is 0.223 e. The van der Waals surface area contributed by atoms with E-state index >= 15 is 0 Å². The second kappa shape index (κ2) is 6.11. The van der Waals surface area contributed by atoms with Crippen molar-refractivity contribution in [3.63, 3.8) is 0 Å². The fourth-order valence-electron chi connectivity index (χ4n) is 1.49. The first-order chi connectivity index (χ1) is 6.78. The number of hydrogen-bond donors (Lipinski definition) is 1. The Balaban J connectivity index is 4.29. The Morgan fingerprint density at radius 1 is 1.33 bits per heavy atom. The predicted octanol–water partition coefficient (Wildman–Crippen LogP) is 2.01. The molecular formula is C12H26N2O. The lowest BCUT2D eigenvalue weighted by Crippen LogP contribution is -2.40. The molecule has 0 aliphatic carbocycles. The van der Waals surface area contributed by atoms with Gasteiger partial charge in [-0.3, -0.25) is 4.79 Å². The molecule has 0 aliphatic heterocycles. The summed E-state index contributed by atoms with van der Waals surface area (Å²) < 4.78 is 0. The molecule has 0 rings (SSSR count). The Bertz CT molecular complexity index is 194. The highest BCUT2D eigenvalue weighted by Gasteiger charge is 2.22. The lowest BCUT2D eigenvalue weighted by Gasteiger charge is -2.29. The SMILES string of the molecule is CC(C)N(CCCN)C(=O)CC(C)(C)C. The molecule has 0 aromatic rings. The maximum atomic E-state index is 12.0. The summed E-state index contributed by atoms with van der Waals surface area (Å²) in [6.45, 7) is 11.8. The van der Waals surface area contributed by atoms with Gasteiger partial charge >= 0.3 is 0 Å². The van der Waals surface area contributed by atoms with Crippen molar-refractivity contribution in [3.8, 4) is 0 Å². The topological polar surface area (TPSA) is 46.3 Å². The fourth-order valence-corrected chi connectivity index (χ4v) is 1.49. The summed E-state index contributed by atoms with van der Waals surface area (Å²) in [5.41, 5.74) is 5.53. The third kappa shape index (κ3) is 6.50. The van der Waals surface area contributed by atoms with E-state index in [-0.39, 0.29) is 17.4 Å². The third-order valence-corrected chi connectivity index (χ3v) is 2.23. The monoisotopic (exact) mass is 214 g/mol. The average molecular weight is 214 g/mol. The van der Waals surface area contributed by atoms with Crippen LogP contribution in [0.3, 0.4) is 0 Å². The Kier molecular flexibility index (Phi) is 5.88. The van der Waals surface area contributed by atoms with E-state index < -0.39 is 0 Å². The number of carbonyl (C=O) groups is 1. The van der Waals surface area contributed by atoms with Gasteiger partial charge in [0.05, 0.1) is 0 Å². The van der Waals surface area contributed by atoms with Crippen LogP contribution in [0, 0.1) is 5.41 Å². The molecule has 0 fully saturated rings. The number of nitrogens with two attached hydrogens (primary N) is 1. The second-order valence-electron chi connectivity index (χ2n) is 5.56. The molecular weight excluding hydrogens is 188 g/mol. The Hall–Kier alpha value is -0.570. The molecule has 0 aliphatic rings. The van der Waals surface area contributed by atoms with Crippen molar-refractivity contribution in [2.24, 2.45) is 11.1 Å². The number of rotatable bonds is 5. The summed E-state index contributed by atoms with van der Waals surface area (Å²) in [4.78, 5) is 13.9. The number of amides is 1. The van der Waals surface area contributed by atoms with Gasteiger partial charge in [-0.2, -0.15) is 0 Å². The summed E-state index contributed by atoms with van der Waals surface area (Å²) in [7, 11) is 0. The minimum absolute atomic E-state index is 0.0624. The van der Waals surface area contributed by atoms with Crippen LogP contribution in [0.25, 0.3) is 0 Å². The minimum atomic E-state index is 0.0624. The van der Waals surface area contributed by atoms with Crippen molar-refractivity contribution in [2.75, 3.05) is 13.1 Å². The Labute approximate surface area is 94.0 Å². The molecule has 15 heavy (non-hydrogen) atoms. The Morgan fingerprint density at radius 2 is 1.87 bits per heavy atom. The Morgan fingerprint density at radius 3 is 2.20 bits per heavy atom. The van der Waals surface area contributed by atoms with E-state index in [1.165, 1.54) is 0 Å². The summed E-state index contributed by atoms with van der Waals surface area (Å²) in [5.74, 6) is 0.242. The van der Waals surface area contributed by atoms with E-state index in [9.17, 15) is 4.79 Å². The normalized spacial score (nSPS) is 11.9. The summed E-state index contributed by atoms with van der Waals surface area (Å²) >= 11 is 0. The van der Waals surface area contributed by atoms with E-state index in [0.29, 0.717) is 13.0 Å². The molecule has 0 bridgehead atoms. The van der Waals surface area contributed by atoms with Crippen LogP contribution in [0.5, 0.6) is 0 Å². The lowest BCUT2D eigenvalue weighted by atomic mass is 9.91. The molecule has 1 amide bonds. The quantitative estimate of drug-likeness (QED) is 0.761. The first-order valence-electron chi connectivity index (χ1n) is 5.77. The van der Waals surface area contributed by atoms with Gasteiger partial charge in [0.2, 0.25) is 5.91 Å². The zero-order valence-electron chi connectivity index (χ0n) is 10.8. The van der Waals surface area contributed by atoms with Crippen molar-refractivity contribution < 1.29 is 4.79 Å². The maximum absolute atomic E-state index is 12.0. The van der Waals surface area contributed by atoms with E-state index in [4.69, 9.17) is 5.73 Å². The van der Waals surface area contributed by atoms with Gasteiger partial charge in [0.25, 0.3) is 0 Å². The molecule has 0 saturated carbocycles. The van der Waals surface area contributed by atoms with E-state index in [1.807, 2.05) is 4.90 Å². The van der Waals surface area contributed by atoms with Crippen molar-refractivity contribution in [1.82, 2.24) is 4.90 Å². The van der Waals surface area contributed by atoms with Crippen LogP contribution in [0.15, 0.2) is 0 Å². The summed E-state index contributed by atoms with van der Waals surface area (Å²) in [5, 5.41) is 0. The summed E-state index contributed by atoms with van der Waals surface area (Å²) in [6, 6.07) is 0.270. The van der Waals surface area contributed by atoms with Gasteiger partial charge < -0.3 is 10.6 Å². The smallest absolute Gasteiger partial charge is 0.223 e. The largest absolute Gasteiger partial charge is 0.340 e. The highest BCUT2D eigenvalue weighted by molar-refractivity contribution is 5.77. The minimum Gasteiger partial charge on any atom is -0.340 e. The molecule has 0 unspecified atom stereocenters. The number of nitrogens with zero attached hydrogens (tertiary/aromatic N) is 1. The molecule has 0 atom stereocenters. The number of hydrogen-bond acceptors (Lipinski definition) is 2. The fraction of sp³-hybridized carbons (Fsp3) is 0.917. The highest BCUT2D eigenvalue weighted by Crippen LogP contribution is 2.20. The van der Waals surface area contributed by atoms with Gasteiger partial charge in [0, 0.05) is 19.0 Å². The van der Waals surface area contributed by atoms with Crippen LogP contribution >= 0.6 is 0 Å². The van der Waals surface area contributed by atoms with Gasteiger partial charge in [-0.25, -0.2) is 0 Å². The molecule has 0 heterocycles. The lowest BCUT2D eigenvalue weighted by molar-refractivity contribution is -0.134. The van der Waals surface area contributed by atoms with Crippen molar-refractivity contribution >= 4 is 5.91 Å². The van der Waals surface area contributed by atoms with E-state index in [2.05, 4.69) is 34.6 Å².